The number of carboxylic acid groups (broad SMARTS) is 1. The minimum absolute atomic E-state index is 0.0592. The molecule has 110 valence electrons. The Morgan fingerprint density at radius 3 is 2.65 bits per heavy atom. The first kappa shape index (κ1) is 16.5. The number of hydrogen-bond donors (Lipinski definition) is 3. The lowest BCUT2D eigenvalue weighted by atomic mass is 10.1. The van der Waals surface area contributed by atoms with Crippen LogP contribution in [0.25, 0.3) is 0 Å². The van der Waals surface area contributed by atoms with Gasteiger partial charge in [-0.1, -0.05) is 47.5 Å². The maximum atomic E-state index is 11.8. The Balaban J connectivity index is 2.45. The maximum absolute atomic E-state index is 11.8. The highest BCUT2D eigenvalue weighted by Gasteiger charge is 2.14. The second-order valence-electron chi connectivity index (χ2n) is 4.50. The van der Waals surface area contributed by atoms with E-state index in [-0.39, 0.29) is 18.5 Å². The van der Waals surface area contributed by atoms with Crippen molar-refractivity contribution in [1.82, 2.24) is 10.6 Å². The van der Waals surface area contributed by atoms with Crippen molar-refractivity contribution in [2.45, 2.75) is 38.8 Å². The summed E-state index contributed by atoms with van der Waals surface area (Å²) in [6.45, 7) is 2.34. The smallest absolute Gasteiger partial charge is 0.315 e. The minimum Gasteiger partial charge on any atom is -0.481 e. The van der Waals surface area contributed by atoms with E-state index in [1.807, 2.05) is 31.2 Å². The number of urea groups is 1. The lowest BCUT2D eigenvalue weighted by molar-refractivity contribution is -0.137. The monoisotopic (exact) mass is 342 g/mol. The number of hydrogen-bond acceptors (Lipinski definition) is 2. The summed E-state index contributed by atoms with van der Waals surface area (Å²) in [6.07, 6.45) is 1.41. The summed E-state index contributed by atoms with van der Waals surface area (Å²) < 4.78 is 0.927. The van der Waals surface area contributed by atoms with Crippen LogP contribution in [0.3, 0.4) is 0 Å². The van der Waals surface area contributed by atoms with Crippen molar-refractivity contribution >= 4 is 27.9 Å². The number of benzene rings is 1. The van der Waals surface area contributed by atoms with Crippen LogP contribution in [0, 0.1) is 0 Å². The van der Waals surface area contributed by atoms with Gasteiger partial charge < -0.3 is 15.7 Å². The zero-order valence-corrected chi connectivity index (χ0v) is 12.9. The van der Waals surface area contributed by atoms with Crippen molar-refractivity contribution in [3.63, 3.8) is 0 Å². The van der Waals surface area contributed by atoms with Gasteiger partial charge in [0.1, 0.15) is 0 Å². The molecule has 1 aromatic carbocycles. The van der Waals surface area contributed by atoms with Gasteiger partial charge in [0.2, 0.25) is 0 Å². The Morgan fingerprint density at radius 2 is 2.05 bits per heavy atom. The molecule has 1 rings (SSSR count). The fourth-order valence-corrected chi connectivity index (χ4v) is 2.26. The van der Waals surface area contributed by atoms with Crippen LogP contribution >= 0.6 is 15.9 Å². The topological polar surface area (TPSA) is 78.4 Å². The van der Waals surface area contributed by atoms with E-state index in [1.54, 1.807) is 0 Å². The molecule has 6 heteroatoms. The molecule has 5 nitrogen and oxygen atoms in total. The molecule has 0 aliphatic rings. The first-order valence-electron chi connectivity index (χ1n) is 6.52. The third-order valence-corrected chi connectivity index (χ3v) is 3.56. The van der Waals surface area contributed by atoms with Gasteiger partial charge in [-0.15, -0.1) is 0 Å². The molecule has 2 amide bonds. The highest BCUT2D eigenvalue weighted by atomic mass is 79.9. The first-order valence-corrected chi connectivity index (χ1v) is 7.31. The molecule has 0 saturated carbocycles. The van der Waals surface area contributed by atoms with Crippen LogP contribution in [0.1, 0.15) is 31.7 Å². The zero-order valence-electron chi connectivity index (χ0n) is 11.4. The second kappa shape index (κ2) is 8.58. The molecular formula is C14H19BrN2O3. The van der Waals surface area contributed by atoms with Gasteiger partial charge in [0.15, 0.2) is 0 Å². The van der Waals surface area contributed by atoms with Crippen LogP contribution in [-0.4, -0.2) is 23.1 Å². The normalized spacial score (nSPS) is 11.7. The molecule has 0 bridgehead atoms. The number of carbonyl (C=O) groups excluding carboxylic acids is 1. The van der Waals surface area contributed by atoms with Gasteiger partial charge in [-0.25, -0.2) is 4.79 Å². The molecule has 0 aliphatic carbocycles. The summed E-state index contributed by atoms with van der Waals surface area (Å²) in [5, 5.41) is 14.2. The van der Waals surface area contributed by atoms with E-state index in [9.17, 15) is 9.59 Å². The number of carboxylic acids is 1. The highest BCUT2D eigenvalue weighted by Crippen LogP contribution is 2.15. The molecule has 3 N–H and O–H groups in total. The van der Waals surface area contributed by atoms with Gasteiger partial charge in [0.25, 0.3) is 0 Å². The Hall–Kier alpha value is -1.56. The molecule has 1 atom stereocenters. The Bertz CT molecular complexity index is 465. The number of carbonyl (C=O) groups is 2. The van der Waals surface area contributed by atoms with Crippen molar-refractivity contribution in [2.75, 3.05) is 0 Å². The largest absolute Gasteiger partial charge is 0.481 e. The quantitative estimate of drug-likeness (QED) is 0.712. The number of aliphatic carboxylic acids is 1. The average Bonchev–Trinajstić information content (AvgIpc) is 2.37. The molecule has 0 radical (unpaired) electrons. The predicted octanol–water partition coefficient (Wildman–Crippen LogP) is 2.89. The van der Waals surface area contributed by atoms with Crippen LogP contribution < -0.4 is 10.6 Å². The molecule has 0 spiro atoms. The Kier molecular flexibility index (Phi) is 7.08. The number of nitrogens with one attached hydrogen (secondary N) is 2. The van der Waals surface area contributed by atoms with Crippen molar-refractivity contribution < 1.29 is 14.7 Å². The molecule has 0 aliphatic heterocycles. The summed E-state index contributed by atoms with van der Waals surface area (Å²) >= 11 is 3.41. The number of amides is 2. The van der Waals surface area contributed by atoms with Crippen LogP contribution in [0.5, 0.6) is 0 Å². The van der Waals surface area contributed by atoms with Gasteiger partial charge in [-0.05, 0) is 18.1 Å². The highest BCUT2D eigenvalue weighted by molar-refractivity contribution is 9.10. The van der Waals surface area contributed by atoms with E-state index >= 15 is 0 Å². The summed E-state index contributed by atoms with van der Waals surface area (Å²) in [5.41, 5.74) is 0.966. The first-order chi connectivity index (χ1) is 9.52. The van der Waals surface area contributed by atoms with Crippen molar-refractivity contribution in [2.24, 2.45) is 0 Å². The van der Waals surface area contributed by atoms with E-state index in [4.69, 9.17) is 5.11 Å². The van der Waals surface area contributed by atoms with E-state index in [0.29, 0.717) is 13.0 Å². The fourth-order valence-electron chi connectivity index (χ4n) is 1.84. The molecule has 0 saturated heterocycles. The maximum Gasteiger partial charge on any atom is 0.315 e. The van der Waals surface area contributed by atoms with Gasteiger partial charge in [0.05, 0.1) is 6.42 Å². The lowest BCUT2D eigenvalue weighted by Crippen LogP contribution is -2.42. The van der Waals surface area contributed by atoms with Crippen LogP contribution in [0.15, 0.2) is 28.7 Å². The number of halogens is 1. The van der Waals surface area contributed by atoms with Gasteiger partial charge >= 0.3 is 12.0 Å². The molecule has 20 heavy (non-hydrogen) atoms. The fraction of sp³-hybridized carbons (Fsp3) is 0.429. The molecular weight excluding hydrogens is 324 g/mol. The summed E-state index contributed by atoms with van der Waals surface area (Å²) in [4.78, 5) is 22.5. The lowest BCUT2D eigenvalue weighted by Gasteiger charge is -2.16. The Morgan fingerprint density at radius 1 is 1.35 bits per heavy atom. The molecule has 0 aromatic heterocycles. The molecule has 0 heterocycles. The SMILES string of the molecule is CCCC(CC(=O)O)NC(=O)NCc1ccccc1Br. The van der Waals surface area contributed by atoms with Crippen molar-refractivity contribution in [3.05, 3.63) is 34.3 Å². The number of rotatable bonds is 7. The van der Waals surface area contributed by atoms with Crippen LogP contribution in [-0.2, 0) is 11.3 Å². The molecule has 0 fully saturated rings. The second-order valence-corrected chi connectivity index (χ2v) is 5.36. The summed E-state index contributed by atoms with van der Waals surface area (Å²) in [5.74, 6) is -0.908. The van der Waals surface area contributed by atoms with Gasteiger partial charge in [-0.3, -0.25) is 4.79 Å². The third kappa shape index (κ3) is 6.06. The van der Waals surface area contributed by atoms with E-state index in [1.165, 1.54) is 0 Å². The zero-order chi connectivity index (χ0) is 15.0. The summed E-state index contributed by atoms with van der Waals surface area (Å²) in [6, 6.07) is 6.92. The van der Waals surface area contributed by atoms with E-state index in [2.05, 4.69) is 26.6 Å². The average molecular weight is 343 g/mol. The van der Waals surface area contributed by atoms with Gasteiger partial charge in [-0.2, -0.15) is 0 Å². The summed E-state index contributed by atoms with van der Waals surface area (Å²) in [7, 11) is 0. The van der Waals surface area contributed by atoms with E-state index in [0.717, 1.165) is 16.5 Å². The third-order valence-electron chi connectivity index (χ3n) is 2.79. The van der Waals surface area contributed by atoms with Crippen molar-refractivity contribution in [1.29, 1.82) is 0 Å². The Labute approximate surface area is 126 Å². The van der Waals surface area contributed by atoms with Gasteiger partial charge in [0, 0.05) is 17.1 Å². The standard InChI is InChI=1S/C14H19BrN2O3/c1-2-5-11(8-13(18)19)17-14(20)16-9-10-6-3-4-7-12(10)15/h3-4,6-7,11H,2,5,8-9H2,1H3,(H,18,19)(H2,16,17,20). The minimum atomic E-state index is -0.908. The molecule has 1 aromatic rings. The van der Waals surface area contributed by atoms with Crippen LogP contribution in [0.2, 0.25) is 0 Å². The van der Waals surface area contributed by atoms with E-state index < -0.39 is 5.97 Å². The van der Waals surface area contributed by atoms with Crippen LogP contribution in [0.4, 0.5) is 4.79 Å². The molecule has 1 unspecified atom stereocenters. The van der Waals surface area contributed by atoms with Crippen molar-refractivity contribution in [3.8, 4) is 0 Å². The predicted molar refractivity (Wildman–Crippen MR) is 80.5 cm³/mol.